The van der Waals surface area contributed by atoms with Gasteiger partial charge in [-0.25, -0.2) is 9.97 Å². The fraction of sp³-hybridized carbons (Fsp3) is 0. The number of aromatic nitrogens is 4. The molecule has 0 saturated heterocycles. The number of rotatable bonds is 6. The van der Waals surface area contributed by atoms with Gasteiger partial charge in [0.15, 0.2) is 5.82 Å². The first-order chi connectivity index (χ1) is 24.8. The van der Waals surface area contributed by atoms with Crippen LogP contribution in [0.3, 0.4) is 0 Å². The Balaban J connectivity index is 1.28. The number of benzene rings is 7. The zero-order valence-electron chi connectivity index (χ0n) is 27.1. The maximum absolute atomic E-state index is 5.21. The molecule has 0 aliphatic carbocycles. The molecule has 0 fully saturated rings. The summed E-state index contributed by atoms with van der Waals surface area (Å²) in [6.45, 7) is 0. The van der Waals surface area contributed by atoms with Crippen molar-refractivity contribution in [3.63, 3.8) is 0 Å². The van der Waals surface area contributed by atoms with E-state index in [0.717, 1.165) is 56.0 Å². The molecule has 2 aromatic heterocycles. The minimum absolute atomic E-state index is 0.676. The molecule has 0 aliphatic rings. The highest BCUT2D eigenvalue weighted by atomic mass is 14.9. The first-order valence-corrected chi connectivity index (χ1v) is 16.7. The van der Waals surface area contributed by atoms with E-state index in [0.29, 0.717) is 5.82 Å². The Kier molecular flexibility index (Phi) is 7.45. The van der Waals surface area contributed by atoms with Gasteiger partial charge >= 0.3 is 0 Å². The van der Waals surface area contributed by atoms with Crippen LogP contribution < -0.4 is 0 Å². The highest BCUT2D eigenvalue weighted by Crippen LogP contribution is 2.39. The molecule has 7 aromatic carbocycles. The van der Waals surface area contributed by atoms with Gasteiger partial charge in [-0.2, -0.15) is 0 Å². The van der Waals surface area contributed by atoms with Gasteiger partial charge < -0.3 is 0 Å². The average molecular weight is 639 g/mol. The zero-order chi connectivity index (χ0) is 33.3. The van der Waals surface area contributed by atoms with Crippen molar-refractivity contribution in [2.75, 3.05) is 0 Å². The molecule has 0 aliphatic heterocycles. The van der Waals surface area contributed by atoms with Crippen molar-refractivity contribution in [2.24, 2.45) is 0 Å². The number of hydrogen-bond acceptors (Lipinski definition) is 4. The van der Waals surface area contributed by atoms with Crippen LogP contribution in [0.2, 0.25) is 0 Å². The molecule has 0 bridgehead atoms. The quantitative estimate of drug-likeness (QED) is 0.170. The molecule has 50 heavy (non-hydrogen) atoms. The predicted octanol–water partition coefficient (Wildman–Crippen LogP) is 11.6. The molecule has 0 N–H and O–H groups in total. The van der Waals surface area contributed by atoms with Gasteiger partial charge in [0.2, 0.25) is 0 Å². The van der Waals surface area contributed by atoms with Gasteiger partial charge in [0.1, 0.15) is 0 Å². The summed E-state index contributed by atoms with van der Waals surface area (Å²) in [5.41, 5.74) is 11.1. The standard InChI is InChI=1S/C46H30N4/c1-3-11-32(12-4-1)43-29-44(33-13-5-2-6-14-33)50-46(49-43)38-26-36(31-19-21-34(22-20-31)45-30-47-23-24-48-45)25-37(27-38)42-28-35-15-7-8-16-39(35)40-17-9-10-18-41(40)42/h1-30H. The molecule has 0 unspecified atom stereocenters. The molecule has 0 radical (unpaired) electrons. The average Bonchev–Trinajstić information content (AvgIpc) is 3.21. The highest BCUT2D eigenvalue weighted by Gasteiger charge is 2.16. The smallest absolute Gasteiger partial charge is 0.160 e. The Labute approximate surface area is 290 Å². The third kappa shape index (κ3) is 5.59. The highest BCUT2D eigenvalue weighted by molar-refractivity contribution is 6.14. The van der Waals surface area contributed by atoms with E-state index in [1.165, 1.54) is 27.1 Å². The molecular weight excluding hydrogens is 609 g/mol. The maximum atomic E-state index is 5.21. The Hall–Kier alpha value is -6.78. The summed E-state index contributed by atoms with van der Waals surface area (Å²) < 4.78 is 0. The van der Waals surface area contributed by atoms with Crippen LogP contribution in [0.25, 0.3) is 89.0 Å². The lowest BCUT2D eigenvalue weighted by Crippen LogP contribution is -1.97. The van der Waals surface area contributed by atoms with Gasteiger partial charge in [-0.1, -0.05) is 133 Å². The van der Waals surface area contributed by atoms with Crippen molar-refractivity contribution in [1.82, 2.24) is 19.9 Å². The van der Waals surface area contributed by atoms with Gasteiger partial charge in [0.25, 0.3) is 0 Å². The third-order valence-electron chi connectivity index (χ3n) is 9.21. The molecule has 0 spiro atoms. The normalized spacial score (nSPS) is 11.2. The van der Waals surface area contributed by atoms with E-state index in [9.17, 15) is 0 Å². The summed E-state index contributed by atoms with van der Waals surface area (Å²) in [6.07, 6.45) is 5.21. The van der Waals surface area contributed by atoms with Gasteiger partial charge in [0, 0.05) is 34.6 Å². The van der Waals surface area contributed by atoms with Crippen LogP contribution >= 0.6 is 0 Å². The third-order valence-corrected chi connectivity index (χ3v) is 9.21. The molecular formula is C46H30N4. The predicted molar refractivity (Wildman–Crippen MR) is 205 cm³/mol. The minimum Gasteiger partial charge on any atom is -0.261 e. The van der Waals surface area contributed by atoms with Gasteiger partial charge in [-0.15, -0.1) is 0 Å². The minimum atomic E-state index is 0.676. The molecule has 2 heterocycles. The maximum Gasteiger partial charge on any atom is 0.160 e. The summed E-state index contributed by atoms with van der Waals surface area (Å²) in [5.74, 6) is 0.676. The van der Waals surface area contributed by atoms with Crippen LogP contribution in [0.1, 0.15) is 0 Å². The lowest BCUT2D eigenvalue weighted by molar-refractivity contribution is 1.18. The molecule has 0 saturated carbocycles. The molecule has 0 amide bonds. The summed E-state index contributed by atoms with van der Waals surface area (Å²) in [6, 6.07) is 57.6. The topological polar surface area (TPSA) is 51.6 Å². The fourth-order valence-corrected chi connectivity index (χ4v) is 6.74. The van der Waals surface area contributed by atoms with Crippen LogP contribution in [0.4, 0.5) is 0 Å². The summed E-state index contributed by atoms with van der Waals surface area (Å²) in [4.78, 5) is 19.2. The van der Waals surface area contributed by atoms with Crippen molar-refractivity contribution in [3.05, 3.63) is 182 Å². The first kappa shape index (κ1) is 29.4. The summed E-state index contributed by atoms with van der Waals surface area (Å²) >= 11 is 0. The van der Waals surface area contributed by atoms with Crippen molar-refractivity contribution in [3.8, 4) is 67.4 Å². The van der Waals surface area contributed by atoms with Crippen LogP contribution in [0, 0.1) is 0 Å². The van der Waals surface area contributed by atoms with Crippen molar-refractivity contribution in [1.29, 1.82) is 0 Å². The Morgan fingerprint density at radius 1 is 0.340 bits per heavy atom. The van der Waals surface area contributed by atoms with Crippen LogP contribution in [0.15, 0.2) is 182 Å². The monoisotopic (exact) mass is 638 g/mol. The Bertz CT molecular complexity index is 2560. The second-order valence-corrected chi connectivity index (χ2v) is 12.4. The van der Waals surface area contributed by atoms with Crippen LogP contribution in [-0.2, 0) is 0 Å². The molecule has 9 rings (SSSR count). The molecule has 234 valence electrons. The molecule has 4 heteroatoms. The summed E-state index contributed by atoms with van der Waals surface area (Å²) in [7, 11) is 0. The van der Waals surface area contributed by atoms with Gasteiger partial charge in [-0.3, -0.25) is 9.97 Å². The molecule has 0 atom stereocenters. The second-order valence-electron chi connectivity index (χ2n) is 12.4. The fourth-order valence-electron chi connectivity index (χ4n) is 6.74. The zero-order valence-corrected chi connectivity index (χ0v) is 27.1. The Morgan fingerprint density at radius 2 is 0.900 bits per heavy atom. The van der Waals surface area contributed by atoms with Crippen molar-refractivity contribution < 1.29 is 0 Å². The SMILES string of the molecule is c1ccc(-c2cc(-c3ccccc3)nc(-c3cc(-c4ccc(-c5cnccn5)cc4)cc(-c4cc5ccccc5c5ccccc45)c3)n2)cc1. The van der Waals surface area contributed by atoms with Crippen LogP contribution in [-0.4, -0.2) is 19.9 Å². The van der Waals surface area contributed by atoms with E-state index in [4.69, 9.17) is 9.97 Å². The molecule has 4 nitrogen and oxygen atoms in total. The van der Waals surface area contributed by atoms with E-state index < -0.39 is 0 Å². The Morgan fingerprint density at radius 3 is 1.58 bits per heavy atom. The van der Waals surface area contributed by atoms with E-state index >= 15 is 0 Å². The number of fused-ring (bicyclic) bond motifs is 3. The van der Waals surface area contributed by atoms with E-state index in [1.54, 1.807) is 18.6 Å². The summed E-state index contributed by atoms with van der Waals surface area (Å²) in [5, 5.41) is 4.88. The van der Waals surface area contributed by atoms with Crippen LogP contribution in [0.5, 0.6) is 0 Å². The van der Waals surface area contributed by atoms with E-state index in [-0.39, 0.29) is 0 Å². The van der Waals surface area contributed by atoms with E-state index in [1.807, 2.05) is 36.4 Å². The lowest BCUT2D eigenvalue weighted by atomic mass is 9.90. The molecule has 9 aromatic rings. The van der Waals surface area contributed by atoms with Crippen molar-refractivity contribution in [2.45, 2.75) is 0 Å². The van der Waals surface area contributed by atoms with Crippen molar-refractivity contribution >= 4 is 21.5 Å². The number of hydrogen-bond donors (Lipinski definition) is 0. The van der Waals surface area contributed by atoms with E-state index in [2.05, 4.69) is 137 Å². The number of nitrogens with zero attached hydrogens (tertiary/aromatic N) is 4. The first-order valence-electron chi connectivity index (χ1n) is 16.7. The van der Waals surface area contributed by atoms with Gasteiger partial charge in [0.05, 0.1) is 23.3 Å². The largest absolute Gasteiger partial charge is 0.261 e. The van der Waals surface area contributed by atoms with Gasteiger partial charge in [-0.05, 0) is 74.1 Å². The lowest BCUT2D eigenvalue weighted by Gasteiger charge is -2.15. The second kappa shape index (κ2) is 12.7.